The van der Waals surface area contributed by atoms with Crippen LogP contribution in [0.2, 0.25) is 5.15 Å². The minimum atomic E-state index is 0.335. The van der Waals surface area contributed by atoms with E-state index >= 15 is 0 Å². The molecule has 0 aliphatic carbocycles. The van der Waals surface area contributed by atoms with Gasteiger partial charge in [0, 0.05) is 11.6 Å². The van der Waals surface area contributed by atoms with Gasteiger partial charge in [-0.25, -0.2) is 14.5 Å². The third kappa shape index (κ3) is 2.31. The molecule has 0 atom stereocenters. The Labute approximate surface area is 129 Å². The van der Waals surface area contributed by atoms with Gasteiger partial charge < -0.3 is 0 Å². The number of halogens is 2. The Morgan fingerprint density at radius 2 is 2.00 bits per heavy atom. The quantitative estimate of drug-likeness (QED) is 0.510. The lowest BCUT2D eigenvalue weighted by molar-refractivity contribution is 0.872. The molecule has 4 nitrogen and oxygen atoms in total. The van der Waals surface area contributed by atoms with Crippen molar-refractivity contribution < 1.29 is 0 Å². The summed E-state index contributed by atoms with van der Waals surface area (Å²) in [5.74, 6) is 0.335. The summed E-state index contributed by atoms with van der Waals surface area (Å²) in [5, 5.41) is 4.81. The van der Waals surface area contributed by atoms with Gasteiger partial charge in [-0.2, -0.15) is 5.10 Å². The van der Waals surface area contributed by atoms with Crippen LogP contribution in [0, 0.1) is 0 Å². The van der Waals surface area contributed by atoms with Crippen LogP contribution in [0.4, 0.5) is 0 Å². The highest BCUT2D eigenvalue weighted by atomic mass is 79.9. The van der Waals surface area contributed by atoms with Gasteiger partial charge in [0.25, 0.3) is 0 Å². The summed E-state index contributed by atoms with van der Waals surface area (Å²) in [6.45, 7) is 4.22. The van der Waals surface area contributed by atoms with E-state index in [-0.39, 0.29) is 0 Å². The maximum absolute atomic E-state index is 6.29. The summed E-state index contributed by atoms with van der Waals surface area (Å²) in [7, 11) is 0. The van der Waals surface area contributed by atoms with E-state index in [4.69, 9.17) is 11.6 Å². The summed E-state index contributed by atoms with van der Waals surface area (Å²) < 4.78 is 2.42. The molecule has 0 amide bonds. The van der Waals surface area contributed by atoms with E-state index in [1.165, 1.54) is 0 Å². The zero-order valence-corrected chi connectivity index (χ0v) is 13.4. The fourth-order valence-corrected chi connectivity index (χ4v) is 2.60. The van der Waals surface area contributed by atoms with Gasteiger partial charge in [-0.3, -0.25) is 0 Å². The van der Waals surface area contributed by atoms with Gasteiger partial charge in [0.15, 0.2) is 5.65 Å². The van der Waals surface area contributed by atoms with Gasteiger partial charge in [-0.05, 0) is 34.0 Å². The predicted octanol–water partition coefficient (Wildman–Crippen LogP) is 4.33. The second kappa shape index (κ2) is 5.14. The molecule has 0 aliphatic rings. The fourth-order valence-electron chi connectivity index (χ4n) is 2.03. The van der Waals surface area contributed by atoms with Crippen molar-refractivity contribution in [2.24, 2.45) is 0 Å². The van der Waals surface area contributed by atoms with Gasteiger partial charge in [0.1, 0.15) is 9.76 Å². The molecule has 3 aromatic heterocycles. The third-order valence-corrected chi connectivity index (χ3v) is 3.77. The highest BCUT2D eigenvalue weighted by Crippen LogP contribution is 2.26. The van der Waals surface area contributed by atoms with Crippen LogP contribution >= 0.6 is 27.5 Å². The van der Waals surface area contributed by atoms with E-state index in [1.807, 2.05) is 24.4 Å². The molecule has 0 saturated heterocycles. The first-order chi connectivity index (χ1) is 9.56. The van der Waals surface area contributed by atoms with Crippen LogP contribution in [0.25, 0.3) is 17.0 Å². The first-order valence-corrected chi connectivity index (χ1v) is 7.40. The Balaban J connectivity index is 2.25. The van der Waals surface area contributed by atoms with Crippen LogP contribution in [0.5, 0.6) is 0 Å². The summed E-state index contributed by atoms with van der Waals surface area (Å²) in [6.07, 6.45) is 1.82. The zero-order chi connectivity index (χ0) is 14.3. The van der Waals surface area contributed by atoms with Crippen LogP contribution < -0.4 is 0 Å². The molecular weight excluding hydrogens is 340 g/mol. The second-order valence-corrected chi connectivity index (χ2v) is 6.00. The molecule has 3 heterocycles. The zero-order valence-electron chi connectivity index (χ0n) is 11.0. The number of hydrogen-bond acceptors (Lipinski definition) is 3. The van der Waals surface area contributed by atoms with Gasteiger partial charge in [-0.15, -0.1) is 0 Å². The standard InChI is InChI=1S/C14H12BrClN4/c1-8(2)9-7-17-20-13(16)6-11(19-14(9)20)10-4-3-5-12(15)18-10/h3-8H,1-2H3. The van der Waals surface area contributed by atoms with Gasteiger partial charge in [0.2, 0.25) is 0 Å². The Bertz CT molecular complexity index is 782. The van der Waals surface area contributed by atoms with Crippen molar-refractivity contribution in [1.82, 2.24) is 19.6 Å². The lowest BCUT2D eigenvalue weighted by Crippen LogP contribution is -1.97. The summed E-state index contributed by atoms with van der Waals surface area (Å²) in [5.41, 5.74) is 3.37. The number of hydrogen-bond donors (Lipinski definition) is 0. The molecule has 6 heteroatoms. The molecule has 0 bridgehead atoms. The molecule has 0 aliphatic heterocycles. The Kier molecular flexibility index (Phi) is 3.48. The maximum atomic E-state index is 6.29. The van der Waals surface area contributed by atoms with Crippen molar-refractivity contribution in [1.29, 1.82) is 0 Å². The fraction of sp³-hybridized carbons (Fsp3) is 0.214. The smallest absolute Gasteiger partial charge is 0.160 e. The number of nitrogens with zero attached hydrogens (tertiary/aromatic N) is 4. The predicted molar refractivity (Wildman–Crippen MR) is 83.0 cm³/mol. The average Bonchev–Trinajstić information content (AvgIpc) is 2.83. The molecule has 0 N–H and O–H groups in total. The molecule has 20 heavy (non-hydrogen) atoms. The van der Waals surface area contributed by atoms with E-state index in [1.54, 1.807) is 10.6 Å². The van der Waals surface area contributed by atoms with E-state index in [0.717, 1.165) is 27.2 Å². The molecule has 0 spiro atoms. The molecule has 0 aromatic carbocycles. The topological polar surface area (TPSA) is 43.1 Å². The van der Waals surface area contributed by atoms with Gasteiger partial charge in [-0.1, -0.05) is 31.5 Å². The average molecular weight is 352 g/mol. The third-order valence-electron chi connectivity index (χ3n) is 3.06. The monoisotopic (exact) mass is 350 g/mol. The summed E-state index contributed by atoms with van der Waals surface area (Å²) in [4.78, 5) is 9.08. The van der Waals surface area contributed by atoms with Crippen molar-refractivity contribution in [3.05, 3.63) is 45.8 Å². The normalized spacial score (nSPS) is 11.4. The van der Waals surface area contributed by atoms with Crippen LogP contribution in [-0.2, 0) is 0 Å². The van der Waals surface area contributed by atoms with Crippen LogP contribution in [0.1, 0.15) is 25.3 Å². The Morgan fingerprint density at radius 1 is 1.20 bits per heavy atom. The number of aromatic nitrogens is 4. The number of pyridine rings is 1. The SMILES string of the molecule is CC(C)c1cnn2c(Cl)cc(-c3cccc(Br)n3)nc12. The summed E-state index contributed by atoms with van der Waals surface area (Å²) in [6, 6.07) is 7.49. The molecular formula is C14H12BrClN4. The lowest BCUT2D eigenvalue weighted by Gasteiger charge is -2.06. The maximum Gasteiger partial charge on any atom is 0.160 e. The van der Waals surface area contributed by atoms with Crippen molar-refractivity contribution >= 4 is 33.2 Å². The van der Waals surface area contributed by atoms with Gasteiger partial charge >= 0.3 is 0 Å². The highest BCUT2D eigenvalue weighted by Gasteiger charge is 2.14. The molecule has 0 radical (unpaired) electrons. The first kappa shape index (κ1) is 13.5. The molecule has 0 unspecified atom stereocenters. The first-order valence-electron chi connectivity index (χ1n) is 6.23. The van der Waals surface area contributed by atoms with Crippen molar-refractivity contribution in [2.75, 3.05) is 0 Å². The van der Waals surface area contributed by atoms with Gasteiger partial charge in [0.05, 0.1) is 17.6 Å². The molecule has 102 valence electrons. The van der Waals surface area contributed by atoms with Crippen molar-refractivity contribution in [2.45, 2.75) is 19.8 Å². The van der Waals surface area contributed by atoms with E-state index in [2.05, 4.69) is 44.8 Å². The molecule has 3 rings (SSSR count). The molecule has 3 aromatic rings. The summed E-state index contributed by atoms with van der Waals surface area (Å²) >= 11 is 9.66. The molecule has 0 fully saturated rings. The second-order valence-electron chi connectivity index (χ2n) is 4.80. The van der Waals surface area contributed by atoms with Crippen LogP contribution in [-0.4, -0.2) is 19.6 Å². The largest absolute Gasteiger partial charge is 0.239 e. The minimum absolute atomic E-state index is 0.335. The van der Waals surface area contributed by atoms with E-state index in [9.17, 15) is 0 Å². The van der Waals surface area contributed by atoms with Crippen LogP contribution in [0.3, 0.4) is 0 Å². The van der Waals surface area contributed by atoms with Crippen LogP contribution in [0.15, 0.2) is 35.1 Å². The van der Waals surface area contributed by atoms with E-state index < -0.39 is 0 Å². The van der Waals surface area contributed by atoms with Crippen molar-refractivity contribution in [3.8, 4) is 11.4 Å². The van der Waals surface area contributed by atoms with E-state index in [0.29, 0.717) is 11.1 Å². The number of fused-ring (bicyclic) bond motifs is 1. The Morgan fingerprint density at radius 3 is 2.70 bits per heavy atom. The highest BCUT2D eigenvalue weighted by molar-refractivity contribution is 9.10. The Hall–Kier alpha value is -1.46. The molecule has 0 saturated carbocycles. The lowest BCUT2D eigenvalue weighted by atomic mass is 10.1. The minimum Gasteiger partial charge on any atom is -0.239 e. The number of rotatable bonds is 2. The van der Waals surface area contributed by atoms with Crippen molar-refractivity contribution in [3.63, 3.8) is 0 Å².